The van der Waals surface area contributed by atoms with Gasteiger partial charge >= 0.3 is 48.0 Å². The standard InChI is InChI=1S/C27H30F14O4/c1-20-9-7-13(44-18(42)22(28,29)24(32,33)26(36,37)38)11-12(20)3-4-14-15-5-6-17(21(15,2)10-8-16(14)20)45-19(43)23(30,31)25(34,35)27(39,40)41/h12-17H,3-11H2,1-2H3/t12-,13+,14?,15?,16?,17-,20+,21+/m1/s1. The molecule has 0 saturated heterocycles. The van der Waals surface area contributed by atoms with Crippen molar-refractivity contribution in [1.82, 2.24) is 0 Å². The maximum atomic E-state index is 14.0. The normalized spacial score (nSPS) is 36.4. The van der Waals surface area contributed by atoms with Crippen LogP contribution in [0.3, 0.4) is 0 Å². The predicted octanol–water partition coefficient (Wildman–Crippen LogP) is 8.52. The highest BCUT2D eigenvalue weighted by molar-refractivity contribution is 5.80. The zero-order chi connectivity index (χ0) is 34.4. The van der Waals surface area contributed by atoms with Gasteiger partial charge in [0.25, 0.3) is 0 Å². The van der Waals surface area contributed by atoms with Gasteiger partial charge in [0.05, 0.1) is 0 Å². The molecule has 0 aromatic carbocycles. The minimum Gasteiger partial charge on any atom is -0.458 e. The van der Waals surface area contributed by atoms with E-state index in [1.807, 2.05) is 6.92 Å². The van der Waals surface area contributed by atoms with Gasteiger partial charge in [-0.2, -0.15) is 61.5 Å². The molecule has 0 spiro atoms. The topological polar surface area (TPSA) is 52.6 Å². The first-order valence-corrected chi connectivity index (χ1v) is 14.2. The van der Waals surface area contributed by atoms with Crippen LogP contribution in [0.2, 0.25) is 0 Å². The summed E-state index contributed by atoms with van der Waals surface area (Å²) >= 11 is 0. The molecule has 45 heavy (non-hydrogen) atoms. The Morgan fingerprint density at radius 3 is 1.56 bits per heavy atom. The van der Waals surface area contributed by atoms with Crippen LogP contribution in [0.5, 0.6) is 0 Å². The monoisotopic (exact) mass is 684 g/mol. The molecule has 4 aliphatic rings. The summed E-state index contributed by atoms with van der Waals surface area (Å²) in [6, 6.07) is 0. The van der Waals surface area contributed by atoms with Gasteiger partial charge in [-0.15, -0.1) is 0 Å². The quantitative estimate of drug-likeness (QED) is 0.208. The van der Waals surface area contributed by atoms with E-state index in [0.29, 0.717) is 19.3 Å². The second-order valence-corrected chi connectivity index (χ2v) is 13.3. The van der Waals surface area contributed by atoms with Crippen molar-refractivity contribution in [2.75, 3.05) is 0 Å². The van der Waals surface area contributed by atoms with E-state index in [-0.39, 0.29) is 62.2 Å². The molecule has 4 saturated carbocycles. The molecular weight excluding hydrogens is 654 g/mol. The van der Waals surface area contributed by atoms with E-state index in [9.17, 15) is 71.1 Å². The molecule has 4 rings (SSSR count). The third kappa shape index (κ3) is 5.35. The molecule has 0 N–H and O–H groups in total. The molecule has 4 nitrogen and oxygen atoms in total. The van der Waals surface area contributed by atoms with Gasteiger partial charge in [-0.1, -0.05) is 13.8 Å². The summed E-state index contributed by atoms with van der Waals surface area (Å²) in [7, 11) is 0. The summed E-state index contributed by atoms with van der Waals surface area (Å²) in [5, 5.41) is 0. The Balaban J connectivity index is 1.44. The van der Waals surface area contributed by atoms with Crippen LogP contribution in [0.4, 0.5) is 61.5 Å². The highest BCUT2D eigenvalue weighted by Crippen LogP contribution is 2.67. The van der Waals surface area contributed by atoms with E-state index in [1.165, 1.54) is 0 Å². The lowest BCUT2D eigenvalue weighted by Gasteiger charge is -2.60. The van der Waals surface area contributed by atoms with Gasteiger partial charge < -0.3 is 9.47 Å². The predicted molar refractivity (Wildman–Crippen MR) is 123 cm³/mol. The number of carbonyl (C=O) groups excluding carboxylic acids is 2. The Morgan fingerprint density at radius 2 is 1.04 bits per heavy atom. The molecule has 0 aromatic heterocycles. The first-order chi connectivity index (χ1) is 20.2. The first kappa shape index (κ1) is 35.8. The average Bonchev–Trinajstić information content (AvgIpc) is 3.23. The van der Waals surface area contributed by atoms with Crippen molar-refractivity contribution in [3.63, 3.8) is 0 Å². The van der Waals surface area contributed by atoms with Gasteiger partial charge in [-0.3, -0.25) is 0 Å². The maximum absolute atomic E-state index is 14.0. The van der Waals surface area contributed by atoms with Crippen LogP contribution in [0.15, 0.2) is 0 Å². The van der Waals surface area contributed by atoms with E-state index in [0.717, 1.165) is 0 Å². The number of carbonyl (C=O) groups is 2. The third-order valence-corrected chi connectivity index (χ3v) is 11.1. The highest BCUT2D eigenvalue weighted by Gasteiger charge is 2.78. The van der Waals surface area contributed by atoms with Crippen LogP contribution in [0.25, 0.3) is 0 Å². The Labute approximate surface area is 247 Å². The number of hydrogen-bond donors (Lipinski definition) is 0. The van der Waals surface area contributed by atoms with Gasteiger partial charge in [0, 0.05) is 5.41 Å². The summed E-state index contributed by atoms with van der Waals surface area (Å²) in [6.07, 6.45) is -14.6. The van der Waals surface area contributed by atoms with Crippen LogP contribution in [0, 0.1) is 34.5 Å². The van der Waals surface area contributed by atoms with Crippen LogP contribution in [-0.4, -0.2) is 60.2 Å². The van der Waals surface area contributed by atoms with Crippen molar-refractivity contribution < 1.29 is 80.5 Å². The molecule has 0 amide bonds. The third-order valence-electron chi connectivity index (χ3n) is 11.1. The van der Waals surface area contributed by atoms with E-state index in [1.54, 1.807) is 6.92 Å². The lowest BCUT2D eigenvalue weighted by atomic mass is 9.45. The number of halogens is 14. The van der Waals surface area contributed by atoms with E-state index >= 15 is 0 Å². The second-order valence-electron chi connectivity index (χ2n) is 13.3. The number of esters is 2. The minimum atomic E-state index is -6.71. The van der Waals surface area contributed by atoms with Crippen molar-refractivity contribution >= 4 is 11.9 Å². The van der Waals surface area contributed by atoms with Gasteiger partial charge in [0.2, 0.25) is 0 Å². The summed E-state index contributed by atoms with van der Waals surface area (Å²) in [5.41, 5.74) is -1.59. The molecule has 0 heterocycles. The number of hydrogen-bond acceptors (Lipinski definition) is 4. The molecule has 0 bridgehead atoms. The van der Waals surface area contributed by atoms with Gasteiger partial charge in [-0.25, -0.2) is 9.59 Å². The van der Waals surface area contributed by atoms with Crippen molar-refractivity contribution in [2.45, 2.75) is 120 Å². The van der Waals surface area contributed by atoms with Crippen molar-refractivity contribution in [3.05, 3.63) is 0 Å². The number of ether oxygens (including phenoxy) is 2. The maximum Gasteiger partial charge on any atom is 0.460 e. The van der Waals surface area contributed by atoms with Crippen LogP contribution < -0.4 is 0 Å². The molecule has 8 atom stereocenters. The largest absolute Gasteiger partial charge is 0.460 e. The summed E-state index contributed by atoms with van der Waals surface area (Å²) in [5.74, 6) is -32.5. The minimum absolute atomic E-state index is 0.0707. The zero-order valence-corrected chi connectivity index (χ0v) is 23.8. The number of alkyl halides is 14. The van der Waals surface area contributed by atoms with Gasteiger partial charge in [-0.05, 0) is 86.9 Å². The van der Waals surface area contributed by atoms with E-state index in [4.69, 9.17) is 0 Å². The Kier molecular flexibility index (Phi) is 8.55. The van der Waals surface area contributed by atoms with Crippen molar-refractivity contribution in [1.29, 1.82) is 0 Å². The smallest absolute Gasteiger partial charge is 0.458 e. The fourth-order valence-corrected chi connectivity index (χ4v) is 8.51. The molecule has 4 aliphatic carbocycles. The number of rotatable bonds is 6. The zero-order valence-electron chi connectivity index (χ0n) is 23.8. The van der Waals surface area contributed by atoms with Gasteiger partial charge in [0.15, 0.2) is 0 Å². The van der Waals surface area contributed by atoms with E-state index < -0.39 is 71.0 Å². The first-order valence-electron chi connectivity index (χ1n) is 14.2. The summed E-state index contributed by atoms with van der Waals surface area (Å²) in [6.45, 7) is 3.45. The molecular formula is C27H30F14O4. The highest BCUT2D eigenvalue weighted by atomic mass is 19.4. The molecule has 4 fully saturated rings. The van der Waals surface area contributed by atoms with Crippen molar-refractivity contribution in [3.8, 4) is 0 Å². The fraction of sp³-hybridized carbons (Fsp3) is 0.926. The van der Waals surface area contributed by atoms with Crippen molar-refractivity contribution in [2.24, 2.45) is 34.5 Å². The Morgan fingerprint density at radius 1 is 0.578 bits per heavy atom. The fourth-order valence-electron chi connectivity index (χ4n) is 8.51. The average molecular weight is 685 g/mol. The van der Waals surface area contributed by atoms with Gasteiger partial charge in [0.1, 0.15) is 12.2 Å². The van der Waals surface area contributed by atoms with E-state index in [2.05, 4.69) is 9.47 Å². The molecule has 0 radical (unpaired) electrons. The summed E-state index contributed by atoms with van der Waals surface area (Å²) < 4.78 is 193. The molecule has 3 unspecified atom stereocenters. The van der Waals surface area contributed by atoms with Crippen LogP contribution in [0.1, 0.15) is 71.6 Å². The molecule has 18 heteroatoms. The lowest BCUT2D eigenvalue weighted by molar-refractivity contribution is -0.349. The Hall–Kier alpha value is -2.04. The van der Waals surface area contributed by atoms with Crippen LogP contribution in [-0.2, 0) is 19.1 Å². The Bertz CT molecular complexity index is 1170. The number of fused-ring (bicyclic) bond motifs is 5. The van der Waals surface area contributed by atoms with Crippen LogP contribution >= 0.6 is 0 Å². The second kappa shape index (κ2) is 10.7. The molecule has 0 aliphatic heterocycles. The molecule has 0 aromatic rings. The SMILES string of the molecule is C[C@]12CCC3C(CC[C@@H]4C[C@@H](OC(=O)C(F)(F)C(F)(F)C(F)(F)F)CC[C@]34C)C1CC[C@H]2OC(=O)C(F)(F)C(F)(F)C(F)(F)F. The lowest BCUT2D eigenvalue weighted by Crippen LogP contribution is -2.58. The molecule has 260 valence electrons. The summed E-state index contributed by atoms with van der Waals surface area (Å²) in [4.78, 5) is 23.8.